The second-order valence-corrected chi connectivity index (χ2v) is 23.7. The summed E-state index contributed by atoms with van der Waals surface area (Å²) in [7, 11) is 0.718. The van der Waals surface area contributed by atoms with E-state index in [1.807, 2.05) is 37.6 Å². The molecule has 0 saturated carbocycles. The van der Waals surface area contributed by atoms with E-state index in [4.69, 9.17) is 21.3 Å². The van der Waals surface area contributed by atoms with E-state index in [9.17, 15) is 23.7 Å². The number of amides is 4. The van der Waals surface area contributed by atoms with Crippen molar-refractivity contribution in [1.29, 1.82) is 0 Å². The number of imide groups is 2. The van der Waals surface area contributed by atoms with Crippen molar-refractivity contribution in [1.82, 2.24) is 44.8 Å². The summed E-state index contributed by atoms with van der Waals surface area (Å²) in [5, 5.41) is 14.3. The normalized spacial score (nSPS) is 19.5. The molecule has 3 N–H and O–H groups in total. The fourth-order valence-corrected chi connectivity index (χ4v) is 12.8. The molecular weight excluding hydrogens is 957 g/mol. The molecule has 5 aliphatic heterocycles. The van der Waals surface area contributed by atoms with Gasteiger partial charge in [-0.3, -0.25) is 44.0 Å². The number of carbonyl (C=O) groups is 4. The summed E-state index contributed by atoms with van der Waals surface area (Å²) in [6.07, 6.45) is 13.0. The van der Waals surface area contributed by atoms with E-state index in [1.165, 1.54) is 6.20 Å². The van der Waals surface area contributed by atoms with E-state index >= 15 is 0 Å². The van der Waals surface area contributed by atoms with E-state index in [1.54, 1.807) is 49.6 Å². The molecule has 1 atom stereocenters. The Balaban J connectivity index is 0.726. The van der Waals surface area contributed by atoms with Crippen LogP contribution >= 0.6 is 18.7 Å². The summed E-state index contributed by atoms with van der Waals surface area (Å²) < 4.78 is 21.4. The number of benzene rings is 3. The molecule has 72 heavy (non-hydrogen) atoms. The lowest BCUT2D eigenvalue weighted by Crippen LogP contribution is -2.61. The SMILES string of the molecule is COc1cc(N2CCC3(CC2)CN(CC2CCN(c4ccc5c(c4)C(=O)N(C4CCC(=O)NC4=O)C5=O)CC2)C3)c(-c2cnn(C)c2)cc1Nc1ncc(Cl)c(Nc2ccc3nccnc3c2P(C)(C)=O)n1. The number of likely N-dealkylation sites (tertiary alicyclic amines) is 1. The van der Waals surface area contributed by atoms with Gasteiger partial charge in [0.15, 0.2) is 5.82 Å². The molecule has 4 amide bonds. The summed E-state index contributed by atoms with van der Waals surface area (Å²) in [5.41, 5.74) is 7.22. The van der Waals surface area contributed by atoms with Crippen LogP contribution in [0.1, 0.15) is 59.2 Å². The number of aromatic nitrogens is 6. The molecular formula is C51H55ClN13O6P. The zero-order valence-corrected chi connectivity index (χ0v) is 42.2. The van der Waals surface area contributed by atoms with Gasteiger partial charge in [0.2, 0.25) is 17.8 Å². The molecule has 0 aliphatic carbocycles. The lowest BCUT2D eigenvalue weighted by atomic mass is 9.71. The van der Waals surface area contributed by atoms with Gasteiger partial charge in [0.05, 0.1) is 52.8 Å². The van der Waals surface area contributed by atoms with Crippen molar-refractivity contribution >= 4 is 93.2 Å². The fraction of sp³-hybridized carbons (Fsp3) is 0.392. The van der Waals surface area contributed by atoms with Gasteiger partial charge in [-0.1, -0.05) is 11.6 Å². The zero-order chi connectivity index (χ0) is 50.1. The minimum absolute atomic E-state index is 0.0881. The quantitative estimate of drug-likeness (QED) is 0.0889. The number of methoxy groups -OCH3 is 1. The molecule has 4 saturated heterocycles. The van der Waals surface area contributed by atoms with Crippen LogP contribution in [0.3, 0.4) is 0 Å². The lowest BCUT2D eigenvalue weighted by Gasteiger charge is -2.55. The van der Waals surface area contributed by atoms with Crippen LogP contribution in [0.15, 0.2) is 73.4 Å². The summed E-state index contributed by atoms with van der Waals surface area (Å²) >= 11 is 6.68. The highest BCUT2D eigenvalue weighted by molar-refractivity contribution is 7.71. The van der Waals surface area contributed by atoms with E-state index in [0.29, 0.717) is 56.3 Å². The molecule has 8 heterocycles. The number of hydrogen-bond acceptors (Lipinski definition) is 16. The minimum Gasteiger partial charge on any atom is -0.494 e. The van der Waals surface area contributed by atoms with E-state index in [2.05, 4.69) is 62.8 Å². The number of rotatable bonds is 12. The number of ether oxygens (including phenoxy) is 1. The smallest absolute Gasteiger partial charge is 0.262 e. The van der Waals surface area contributed by atoms with Crippen LogP contribution in [-0.2, 0) is 21.2 Å². The molecule has 0 radical (unpaired) electrons. The third-order valence-electron chi connectivity index (χ3n) is 14.9. The molecule has 4 fully saturated rings. The first-order valence-corrected chi connectivity index (χ1v) is 27.3. The van der Waals surface area contributed by atoms with Gasteiger partial charge in [-0.25, -0.2) is 4.98 Å². The second kappa shape index (κ2) is 18.6. The number of aryl methyl sites for hydroxylation is 1. The monoisotopic (exact) mass is 1010 g/mol. The number of halogens is 1. The van der Waals surface area contributed by atoms with Crippen molar-refractivity contribution in [2.24, 2.45) is 18.4 Å². The zero-order valence-electron chi connectivity index (χ0n) is 40.5. The average Bonchev–Trinajstić information content (AvgIpc) is 3.90. The van der Waals surface area contributed by atoms with E-state index in [0.717, 1.165) is 98.9 Å². The van der Waals surface area contributed by atoms with Crippen molar-refractivity contribution in [3.8, 4) is 16.9 Å². The van der Waals surface area contributed by atoms with Gasteiger partial charge in [-0.15, -0.1) is 0 Å². The molecule has 3 aromatic heterocycles. The Morgan fingerprint density at radius 1 is 0.847 bits per heavy atom. The highest BCUT2D eigenvalue weighted by atomic mass is 35.5. The molecule has 372 valence electrons. The minimum atomic E-state index is -2.84. The van der Waals surface area contributed by atoms with Gasteiger partial charge in [0.25, 0.3) is 11.8 Å². The summed E-state index contributed by atoms with van der Waals surface area (Å²) in [6.45, 7) is 10.1. The molecule has 1 spiro atoms. The number of piperidine rings is 3. The van der Waals surface area contributed by atoms with Crippen molar-refractivity contribution in [3.05, 3.63) is 89.6 Å². The van der Waals surface area contributed by atoms with Crippen LogP contribution in [0.2, 0.25) is 5.02 Å². The van der Waals surface area contributed by atoms with Crippen molar-refractivity contribution in [3.63, 3.8) is 0 Å². The highest BCUT2D eigenvalue weighted by Gasteiger charge is 2.47. The highest BCUT2D eigenvalue weighted by Crippen LogP contribution is 2.47. The largest absolute Gasteiger partial charge is 0.494 e. The Hall–Kier alpha value is -6.95. The molecule has 19 nitrogen and oxygen atoms in total. The fourth-order valence-electron chi connectivity index (χ4n) is 11.3. The Labute approximate surface area is 421 Å². The molecule has 11 rings (SSSR count). The molecule has 21 heteroatoms. The van der Waals surface area contributed by atoms with E-state index in [-0.39, 0.29) is 29.2 Å². The van der Waals surface area contributed by atoms with Crippen molar-refractivity contribution in [2.45, 2.75) is 44.6 Å². The number of nitrogens with one attached hydrogen (secondary N) is 3. The Morgan fingerprint density at radius 3 is 2.33 bits per heavy atom. The van der Waals surface area contributed by atoms with Crippen LogP contribution in [0.4, 0.5) is 34.5 Å². The lowest BCUT2D eigenvalue weighted by molar-refractivity contribution is -0.136. The molecule has 5 aliphatic rings. The van der Waals surface area contributed by atoms with Crippen LogP contribution in [0.5, 0.6) is 5.75 Å². The first-order chi connectivity index (χ1) is 34.6. The standard InChI is InChI=1S/C51H55ClN13O6P/c1-61-27-31(24-56-61)34-22-39(58-50-55-25-36(52)46(60-50)57-38-8-7-37-44(54-16-15-53-37)45(38)72(3,4)70)42(71-2)23-41(34)64-19-13-51(14-20-64)28-62(29-51)26-30-11-17-63(18-12-30)32-5-6-33-35(21-32)49(69)65(48(33)68)40-9-10-43(66)59-47(40)67/h5-8,15-16,21-25,27,30,40H,9-14,17-20,26,28-29H2,1-4H3,(H,59,66,67)(H2,55,57,58,60). The second-order valence-electron chi connectivity index (χ2n) is 20.1. The van der Waals surface area contributed by atoms with Gasteiger partial charge in [0.1, 0.15) is 29.5 Å². The first-order valence-electron chi connectivity index (χ1n) is 24.3. The van der Waals surface area contributed by atoms with Crippen LogP contribution in [-0.4, -0.2) is 135 Å². The maximum absolute atomic E-state index is 13.6. The number of anilines is 6. The third-order valence-corrected chi connectivity index (χ3v) is 16.7. The van der Waals surface area contributed by atoms with Crippen LogP contribution in [0.25, 0.3) is 22.2 Å². The van der Waals surface area contributed by atoms with Gasteiger partial charge >= 0.3 is 0 Å². The Bertz CT molecular complexity index is 3230. The number of fused-ring (bicyclic) bond motifs is 2. The predicted octanol–water partition coefficient (Wildman–Crippen LogP) is 6.44. The number of nitrogens with zero attached hydrogens (tertiary/aromatic N) is 10. The summed E-state index contributed by atoms with van der Waals surface area (Å²) in [5.74, 6) is -0.180. The van der Waals surface area contributed by atoms with Gasteiger partial charge < -0.3 is 34.6 Å². The van der Waals surface area contributed by atoms with Gasteiger partial charge in [-0.05, 0) is 93.2 Å². The summed E-state index contributed by atoms with van der Waals surface area (Å²) in [4.78, 5) is 77.5. The van der Waals surface area contributed by atoms with Gasteiger partial charge in [-0.2, -0.15) is 10.1 Å². The van der Waals surface area contributed by atoms with Gasteiger partial charge in [0, 0.05) is 106 Å². The maximum Gasteiger partial charge on any atom is 0.262 e. The molecule has 6 aromatic rings. The molecule has 0 bridgehead atoms. The number of hydrogen-bond donors (Lipinski definition) is 3. The summed E-state index contributed by atoms with van der Waals surface area (Å²) in [6, 6.07) is 12.2. The third kappa shape index (κ3) is 8.91. The molecule has 3 aromatic carbocycles. The first kappa shape index (κ1) is 47.4. The van der Waals surface area contributed by atoms with Crippen LogP contribution < -0.4 is 35.8 Å². The number of carbonyl (C=O) groups excluding carboxylic acids is 4. The Morgan fingerprint density at radius 2 is 1.61 bits per heavy atom. The molecule has 1 unspecified atom stereocenters. The van der Waals surface area contributed by atoms with Crippen molar-refractivity contribution < 1.29 is 28.5 Å². The average molecular weight is 1010 g/mol. The Kier molecular flexibility index (Phi) is 12.2. The van der Waals surface area contributed by atoms with E-state index < -0.39 is 36.8 Å². The van der Waals surface area contributed by atoms with Crippen molar-refractivity contribution in [2.75, 3.05) is 86.7 Å². The predicted molar refractivity (Wildman–Crippen MR) is 276 cm³/mol. The topological polar surface area (TPSA) is 213 Å². The maximum atomic E-state index is 13.6. The van der Waals surface area contributed by atoms with Crippen LogP contribution in [0, 0.1) is 11.3 Å².